The predicted octanol–water partition coefficient (Wildman–Crippen LogP) is 2.49. The lowest BCUT2D eigenvalue weighted by Gasteiger charge is -2.36. The monoisotopic (exact) mass is 228 g/mol. The van der Waals surface area contributed by atoms with Crippen LogP contribution < -0.4 is 10.2 Å². The molecular weight excluding hydrogens is 208 g/mol. The maximum Gasteiger partial charge on any atom is 0.0447 e. The van der Waals surface area contributed by atoms with Gasteiger partial charge in [0.05, 0.1) is 0 Å². The molecule has 1 fully saturated rings. The van der Waals surface area contributed by atoms with Gasteiger partial charge in [-0.3, -0.25) is 0 Å². The molecule has 1 aromatic carbocycles. The van der Waals surface area contributed by atoms with Crippen molar-refractivity contribution in [1.29, 1.82) is 0 Å². The molecule has 1 aliphatic carbocycles. The summed E-state index contributed by atoms with van der Waals surface area (Å²) in [6.07, 6.45) is 4.31. The fourth-order valence-corrected chi connectivity index (χ4v) is 3.65. The third-order valence-corrected chi connectivity index (χ3v) is 4.64. The molecule has 0 amide bonds. The second-order valence-corrected chi connectivity index (χ2v) is 5.75. The van der Waals surface area contributed by atoms with E-state index in [2.05, 4.69) is 28.4 Å². The Bertz CT molecular complexity index is 437. The van der Waals surface area contributed by atoms with E-state index in [0.29, 0.717) is 0 Å². The second kappa shape index (κ2) is 3.74. The summed E-state index contributed by atoms with van der Waals surface area (Å²) in [5, 5.41) is 3.54. The third kappa shape index (κ3) is 1.58. The van der Waals surface area contributed by atoms with Crippen LogP contribution in [0.15, 0.2) is 18.2 Å². The summed E-state index contributed by atoms with van der Waals surface area (Å²) in [7, 11) is 0. The van der Waals surface area contributed by atoms with Gasteiger partial charge in [0.15, 0.2) is 0 Å². The molecule has 3 aliphatic rings. The summed E-state index contributed by atoms with van der Waals surface area (Å²) < 4.78 is 0. The Morgan fingerprint density at radius 1 is 1.12 bits per heavy atom. The zero-order chi connectivity index (χ0) is 11.2. The van der Waals surface area contributed by atoms with Gasteiger partial charge in [0.1, 0.15) is 0 Å². The number of hydrogen-bond acceptors (Lipinski definition) is 2. The van der Waals surface area contributed by atoms with Crippen molar-refractivity contribution in [3.63, 3.8) is 0 Å². The van der Waals surface area contributed by atoms with E-state index in [1.807, 2.05) is 0 Å². The lowest BCUT2D eigenvalue weighted by atomic mass is 9.85. The van der Waals surface area contributed by atoms with Crippen molar-refractivity contribution in [3.05, 3.63) is 29.3 Å². The molecule has 0 saturated heterocycles. The first-order valence-electron chi connectivity index (χ1n) is 7.01. The summed E-state index contributed by atoms with van der Waals surface area (Å²) in [6.45, 7) is 4.63. The van der Waals surface area contributed by atoms with E-state index in [4.69, 9.17) is 0 Å². The van der Waals surface area contributed by atoms with Crippen LogP contribution in [0.1, 0.15) is 36.3 Å². The Labute approximate surface area is 103 Å². The summed E-state index contributed by atoms with van der Waals surface area (Å²) in [5.41, 5.74) is 4.76. The average Bonchev–Trinajstić information content (AvgIpc) is 3.18. The van der Waals surface area contributed by atoms with Gasteiger partial charge in [-0.2, -0.15) is 0 Å². The third-order valence-electron chi connectivity index (χ3n) is 4.64. The zero-order valence-electron chi connectivity index (χ0n) is 10.3. The van der Waals surface area contributed by atoms with Gasteiger partial charge in [-0.15, -0.1) is 0 Å². The molecule has 0 unspecified atom stereocenters. The summed E-state index contributed by atoms with van der Waals surface area (Å²) in [4.78, 5) is 2.61. The van der Waals surface area contributed by atoms with Gasteiger partial charge in [0.2, 0.25) is 0 Å². The van der Waals surface area contributed by atoms with Crippen LogP contribution in [0.5, 0.6) is 0 Å². The Morgan fingerprint density at radius 2 is 2.06 bits per heavy atom. The van der Waals surface area contributed by atoms with E-state index >= 15 is 0 Å². The minimum absolute atomic E-state index is 0.860. The van der Waals surface area contributed by atoms with Crippen molar-refractivity contribution in [1.82, 2.24) is 5.32 Å². The molecule has 1 aromatic rings. The first-order valence-corrected chi connectivity index (χ1v) is 7.01. The first kappa shape index (κ1) is 9.95. The summed E-state index contributed by atoms with van der Waals surface area (Å²) in [6, 6.07) is 6.96. The maximum absolute atomic E-state index is 3.54. The van der Waals surface area contributed by atoms with Crippen LogP contribution in [-0.2, 0) is 6.54 Å². The average molecular weight is 228 g/mol. The fourth-order valence-electron chi connectivity index (χ4n) is 3.65. The molecule has 4 rings (SSSR count). The molecule has 2 nitrogen and oxygen atoms in total. The van der Waals surface area contributed by atoms with Crippen LogP contribution in [0.3, 0.4) is 0 Å². The quantitative estimate of drug-likeness (QED) is 0.794. The van der Waals surface area contributed by atoms with Crippen LogP contribution >= 0.6 is 0 Å². The number of para-hydroxylation sites is 1. The standard InChI is InChI=1S/C15H20N2/c1-2-12-10-16-7-9-17-8-6-13(11-4-5-11)14(3-1)15(12)17/h1-3,11,13,16H,4-10H2/t13-/m1/s1. The molecule has 0 radical (unpaired) electrons. The van der Waals surface area contributed by atoms with Crippen molar-refractivity contribution in [2.24, 2.45) is 5.92 Å². The van der Waals surface area contributed by atoms with Crippen LogP contribution in [0, 0.1) is 5.92 Å². The molecule has 1 saturated carbocycles. The molecule has 2 aliphatic heterocycles. The molecular formula is C15H20N2. The summed E-state index contributed by atoms with van der Waals surface area (Å²) in [5.74, 6) is 1.86. The minimum Gasteiger partial charge on any atom is -0.370 e. The fraction of sp³-hybridized carbons (Fsp3) is 0.600. The largest absolute Gasteiger partial charge is 0.370 e. The maximum atomic E-state index is 3.54. The van der Waals surface area contributed by atoms with E-state index in [1.165, 1.54) is 37.9 Å². The SMILES string of the molecule is c1cc2c3c(c1)[C@@H](C1CC1)CCN3CCNC2. The van der Waals surface area contributed by atoms with E-state index in [0.717, 1.165) is 24.9 Å². The number of hydrogen-bond donors (Lipinski definition) is 1. The molecule has 0 bridgehead atoms. The van der Waals surface area contributed by atoms with Gasteiger partial charge in [0, 0.05) is 31.9 Å². The molecule has 90 valence electrons. The molecule has 1 N–H and O–H groups in total. The van der Waals surface area contributed by atoms with Crippen molar-refractivity contribution >= 4 is 5.69 Å². The number of benzene rings is 1. The lowest BCUT2D eigenvalue weighted by Crippen LogP contribution is -2.34. The highest BCUT2D eigenvalue weighted by Crippen LogP contribution is 2.50. The van der Waals surface area contributed by atoms with Crippen molar-refractivity contribution < 1.29 is 0 Å². The van der Waals surface area contributed by atoms with Gasteiger partial charge >= 0.3 is 0 Å². The molecule has 2 heteroatoms. The van der Waals surface area contributed by atoms with Gasteiger partial charge in [-0.05, 0) is 42.2 Å². The zero-order valence-corrected chi connectivity index (χ0v) is 10.3. The second-order valence-electron chi connectivity index (χ2n) is 5.75. The van der Waals surface area contributed by atoms with Gasteiger partial charge < -0.3 is 10.2 Å². The Morgan fingerprint density at radius 3 is 2.94 bits per heavy atom. The van der Waals surface area contributed by atoms with E-state index in [9.17, 15) is 0 Å². The molecule has 0 spiro atoms. The highest BCUT2D eigenvalue weighted by molar-refractivity contribution is 5.63. The molecule has 0 aromatic heterocycles. The van der Waals surface area contributed by atoms with Gasteiger partial charge in [-0.25, -0.2) is 0 Å². The Hall–Kier alpha value is -1.02. The van der Waals surface area contributed by atoms with Gasteiger partial charge in [-0.1, -0.05) is 18.2 Å². The van der Waals surface area contributed by atoms with Gasteiger partial charge in [0.25, 0.3) is 0 Å². The Kier molecular flexibility index (Phi) is 2.19. The van der Waals surface area contributed by atoms with Crippen LogP contribution in [0.25, 0.3) is 0 Å². The predicted molar refractivity (Wildman–Crippen MR) is 70.4 cm³/mol. The topological polar surface area (TPSA) is 15.3 Å². The normalized spacial score (nSPS) is 27.5. The summed E-state index contributed by atoms with van der Waals surface area (Å²) >= 11 is 0. The smallest absolute Gasteiger partial charge is 0.0447 e. The van der Waals surface area contributed by atoms with Crippen molar-refractivity contribution in [2.45, 2.75) is 31.7 Å². The number of nitrogens with one attached hydrogen (secondary N) is 1. The minimum atomic E-state index is 0.860. The van der Waals surface area contributed by atoms with Crippen LogP contribution in [-0.4, -0.2) is 19.6 Å². The first-order chi connectivity index (χ1) is 8.43. The highest BCUT2D eigenvalue weighted by atomic mass is 15.2. The molecule has 2 heterocycles. The van der Waals surface area contributed by atoms with E-state index in [1.54, 1.807) is 11.3 Å². The van der Waals surface area contributed by atoms with Crippen molar-refractivity contribution in [3.8, 4) is 0 Å². The van der Waals surface area contributed by atoms with Crippen LogP contribution in [0.4, 0.5) is 5.69 Å². The van der Waals surface area contributed by atoms with E-state index < -0.39 is 0 Å². The van der Waals surface area contributed by atoms with Crippen molar-refractivity contribution in [2.75, 3.05) is 24.5 Å². The van der Waals surface area contributed by atoms with Crippen LogP contribution in [0.2, 0.25) is 0 Å². The molecule has 1 atom stereocenters. The number of nitrogens with zero attached hydrogens (tertiary/aromatic N) is 1. The molecule has 17 heavy (non-hydrogen) atoms. The van der Waals surface area contributed by atoms with E-state index in [-0.39, 0.29) is 0 Å². The lowest BCUT2D eigenvalue weighted by molar-refractivity contribution is 0.524. The number of anilines is 1. The Balaban J connectivity index is 1.83. The highest BCUT2D eigenvalue weighted by Gasteiger charge is 2.37. The number of rotatable bonds is 1.